The van der Waals surface area contributed by atoms with Crippen molar-refractivity contribution in [3.63, 3.8) is 0 Å². The van der Waals surface area contributed by atoms with Gasteiger partial charge in [0.2, 0.25) is 0 Å². The molecule has 0 aliphatic carbocycles. The molecule has 0 radical (unpaired) electrons. The summed E-state index contributed by atoms with van der Waals surface area (Å²) in [6, 6.07) is 8.88. The molecule has 0 spiro atoms. The molecule has 0 fully saturated rings. The number of nitrogens with one attached hydrogen (secondary N) is 1. The van der Waals surface area contributed by atoms with Crippen LogP contribution >= 0.6 is 0 Å². The Hall–Kier alpha value is -1.06. The standard InChI is InChI=1S/C18H31N3/c1-4-20(5-2)12-10-19-11-13-21-15-16(3)14-17-8-6-7-9-18(17)21/h6-9,16,19H,4-5,10-15H2,1-3H3. The molecular weight excluding hydrogens is 258 g/mol. The predicted octanol–water partition coefficient (Wildman–Crippen LogP) is 2.62. The van der Waals surface area contributed by atoms with Crippen LogP contribution in [0.2, 0.25) is 0 Å². The summed E-state index contributed by atoms with van der Waals surface area (Å²) in [7, 11) is 0. The van der Waals surface area contributed by atoms with E-state index in [-0.39, 0.29) is 0 Å². The first-order chi connectivity index (χ1) is 10.2. The highest BCUT2D eigenvalue weighted by Gasteiger charge is 2.20. The van der Waals surface area contributed by atoms with Crippen molar-refractivity contribution in [2.75, 3.05) is 50.7 Å². The number of hydrogen-bond donors (Lipinski definition) is 1. The minimum Gasteiger partial charge on any atom is -0.370 e. The van der Waals surface area contributed by atoms with Gasteiger partial charge in [-0.3, -0.25) is 0 Å². The molecule has 0 aromatic heterocycles. The molecule has 1 aromatic carbocycles. The van der Waals surface area contributed by atoms with Crippen molar-refractivity contribution in [1.82, 2.24) is 10.2 Å². The molecule has 1 aromatic rings. The van der Waals surface area contributed by atoms with Crippen LogP contribution in [0.5, 0.6) is 0 Å². The number of hydrogen-bond acceptors (Lipinski definition) is 3. The van der Waals surface area contributed by atoms with Crippen LogP contribution in [0.3, 0.4) is 0 Å². The Balaban J connectivity index is 1.76. The largest absolute Gasteiger partial charge is 0.370 e. The molecule has 1 aliphatic rings. The molecule has 118 valence electrons. The van der Waals surface area contributed by atoms with E-state index in [0.717, 1.165) is 45.2 Å². The van der Waals surface area contributed by atoms with Crippen LogP contribution in [0.25, 0.3) is 0 Å². The topological polar surface area (TPSA) is 18.5 Å². The first kappa shape index (κ1) is 16.3. The van der Waals surface area contributed by atoms with Crippen LogP contribution in [0.4, 0.5) is 5.69 Å². The van der Waals surface area contributed by atoms with Crippen molar-refractivity contribution >= 4 is 5.69 Å². The van der Waals surface area contributed by atoms with E-state index in [4.69, 9.17) is 0 Å². The fraction of sp³-hybridized carbons (Fsp3) is 0.667. The van der Waals surface area contributed by atoms with E-state index >= 15 is 0 Å². The van der Waals surface area contributed by atoms with Crippen LogP contribution in [-0.4, -0.2) is 50.7 Å². The lowest BCUT2D eigenvalue weighted by atomic mass is 9.94. The fourth-order valence-corrected chi connectivity index (χ4v) is 3.23. The summed E-state index contributed by atoms with van der Waals surface area (Å²) in [6.07, 6.45) is 1.22. The van der Waals surface area contributed by atoms with E-state index in [9.17, 15) is 0 Å². The number of anilines is 1. The van der Waals surface area contributed by atoms with Crippen molar-refractivity contribution in [3.8, 4) is 0 Å². The minimum atomic E-state index is 0.760. The van der Waals surface area contributed by atoms with Crippen LogP contribution in [-0.2, 0) is 6.42 Å². The molecule has 1 aliphatic heterocycles. The molecule has 1 N–H and O–H groups in total. The van der Waals surface area contributed by atoms with Crippen molar-refractivity contribution in [3.05, 3.63) is 29.8 Å². The summed E-state index contributed by atoms with van der Waals surface area (Å²) in [5, 5.41) is 3.59. The maximum Gasteiger partial charge on any atom is 0.0399 e. The number of likely N-dealkylation sites (N-methyl/N-ethyl adjacent to an activating group) is 1. The SMILES string of the molecule is CCN(CC)CCNCCN1CC(C)Cc2ccccc21. The van der Waals surface area contributed by atoms with Gasteiger partial charge in [-0.25, -0.2) is 0 Å². The molecule has 0 bridgehead atoms. The highest BCUT2D eigenvalue weighted by molar-refractivity contribution is 5.55. The third-order valence-corrected chi connectivity index (χ3v) is 4.49. The Kier molecular flexibility index (Phi) is 6.52. The van der Waals surface area contributed by atoms with Gasteiger partial charge < -0.3 is 15.1 Å². The van der Waals surface area contributed by atoms with Crippen LogP contribution in [0.15, 0.2) is 24.3 Å². The van der Waals surface area contributed by atoms with Crippen molar-refractivity contribution in [2.45, 2.75) is 27.2 Å². The van der Waals surface area contributed by atoms with E-state index in [1.54, 1.807) is 0 Å². The van der Waals surface area contributed by atoms with E-state index in [0.29, 0.717) is 0 Å². The second-order valence-electron chi connectivity index (χ2n) is 6.16. The molecule has 1 atom stereocenters. The Labute approximate surface area is 130 Å². The summed E-state index contributed by atoms with van der Waals surface area (Å²) in [4.78, 5) is 5.01. The van der Waals surface area contributed by atoms with Gasteiger partial charge in [-0.2, -0.15) is 0 Å². The number of fused-ring (bicyclic) bond motifs is 1. The van der Waals surface area contributed by atoms with Crippen molar-refractivity contribution in [1.29, 1.82) is 0 Å². The summed E-state index contributed by atoms with van der Waals surface area (Å²) >= 11 is 0. The third kappa shape index (κ3) is 4.72. The molecule has 3 nitrogen and oxygen atoms in total. The van der Waals surface area contributed by atoms with Gasteiger partial charge in [0.15, 0.2) is 0 Å². The fourth-order valence-electron chi connectivity index (χ4n) is 3.23. The average molecular weight is 289 g/mol. The highest BCUT2D eigenvalue weighted by Crippen LogP contribution is 2.28. The van der Waals surface area contributed by atoms with Crippen LogP contribution < -0.4 is 10.2 Å². The molecule has 1 heterocycles. The van der Waals surface area contributed by atoms with Crippen molar-refractivity contribution < 1.29 is 0 Å². The zero-order valence-electron chi connectivity index (χ0n) is 13.9. The molecule has 0 saturated heterocycles. The molecule has 0 amide bonds. The molecule has 1 unspecified atom stereocenters. The first-order valence-corrected chi connectivity index (χ1v) is 8.50. The van der Waals surface area contributed by atoms with Gasteiger partial charge in [0.25, 0.3) is 0 Å². The highest BCUT2D eigenvalue weighted by atomic mass is 15.2. The smallest absolute Gasteiger partial charge is 0.0399 e. The quantitative estimate of drug-likeness (QED) is 0.742. The number of nitrogens with zero attached hydrogens (tertiary/aromatic N) is 2. The number of benzene rings is 1. The lowest BCUT2D eigenvalue weighted by Crippen LogP contribution is -2.40. The maximum atomic E-state index is 3.59. The molecular formula is C18H31N3. The maximum absolute atomic E-state index is 3.59. The second kappa shape index (κ2) is 8.40. The van der Waals surface area contributed by atoms with Crippen molar-refractivity contribution in [2.24, 2.45) is 5.92 Å². The molecule has 3 heteroatoms. The average Bonchev–Trinajstić information content (AvgIpc) is 2.50. The zero-order chi connectivity index (χ0) is 15.1. The first-order valence-electron chi connectivity index (χ1n) is 8.50. The molecule has 21 heavy (non-hydrogen) atoms. The monoisotopic (exact) mass is 289 g/mol. The van der Waals surface area contributed by atoms with Gasteiger partial charge in [-0.1, -0.05) is 39.0 Å². The lowest BCUT2D eigenvalue weighted by Gasteiger charge is -2.35. The van der Waals surface area contributed by atoms with Crippen LogP contribution in [0, 0.1) is 5.92 Å². The van der Waals surface area contributed by atoms with E-state index in [2.05, 4.69) is 60.2 Å². The lowest BCUT2D eigenvalue weighted by molar-refractivity contribution is 0.303. The number of rotatable bonds is 8. The Morgan fingerprint density at radius 1 is 1.19 bits per heavy atom. The predicted molar refractivity (Wildman–Crippen MR) is 92.2 cm³/mol. The van der Waals surface area contributed by atoms with Gasteiger partial charge >= 0.3 is 0 Å². The second-order valence-corrected chi connectivity index (χ2v) is 6.16. The van der Waals surface area contributed by atoms with E-state index < -0.39 is 0 Å². The van der Waals surface area contributed by atoms with Crippen LogP contribution in [0.1, 0.15) is 26.3 Å². The summed E-state index contributed by atoms with van der Waals surface area (Å²) in [6.45, 7) is 14.7. The van der Waals surface area contributed by atoms with Gasteiger partial charge in [-0.05, 0) is 37.1 Å². The summed E-state index contributed by atoms with van der Waals surface area (Å²) in [5.74, 6) is 0.760. The van der Waals surface area contributed by atoms with Gasteiger partial charge in [-0.15, -0.1) is 0 Å². The van der Waals surface area contributed by atoms with Gasteiger partial charge in [0, 0.05) is 38.4 Å². The third-order valence-electron chi connectivity index (χ3n) is 4.49. The molecule has 2 rings (SSSR count). The Morgan fingerprint density at radius 3 is 2.71 bits per heavy atom. The Bertz CT molecular complexity index is 415. The van der Waals surface area contributed by atoms with Gasteiger partial charge in [0.1, 0.15) is 0 Å². The minimum absolute atomic E-state index is 0.760. The van der Waals surface area contributed by atoms with E-state index in [1.165, 1.54) is 24.2 Å². The molecule has 0 saturated carbocycles. The zero-order valence-corrected chi connectivity index (χ0v) is 13.9. The summed E-state index contributed by atoms with van der Waals surface area (Å²) in [5.41, 5.74) is 2.96. The summed E-state index contributed by atoms with van der Waals surface area (Å²) < 4.78 is 0. The normalized spacial score (nSPS) is 18.1. The Morgan fingerprint density at radius 2 is 1.95 bits per heavy atom. The van der Waals surface area contributed by atoms with Gasteiger partial charge in [0.05, 0.1) is 0 Å². The van der Waals surface area contributed by atoms with E-state index in [1.807, 2.05) is 0 Å². The number of para-hydroxylation sites is 1.